The van der Waals surface area contributed by atoms with Crippen molar-refractivity contribution < 1.29 is 22.3 Å². The SMILES string of the molecule is CO[S-](=O)=Nc1ccc(CNC(=O)COc2ccc3c(c2)CCC3(C)C)cc1F. The average molecular weight is 419 g/mol. The van der Waals surface area contributed by atoms with E-state index in [1.165, 1.54) is 30.4 Å². The monoisotopic (exact) mass is 419 g/mol. The zero-order valence-electron chi connectivity index (χ0n) is 16.7. The number of carbonyl (C=O) groups excluding carboxylic acids is 1. The highest BCUT2D eigenvalue weighted by Crippen LogP contribution is 2.39. The molecule has 2 aromatic rings. The van der Waals surface area contributed by atoms with Gasteiger partial charge in [0.1, 0.15) is 11.6 Å². The van der Waals surface area contributed by atoms with Crippen molar-refractivity contribution in [3.05, 3.63) is 58.9 Å². The Morgan fingerprint density at radius 3 is 2.79 bits per heavy atom. The number of fused-ring (bicyclic) bond motifs is 1. The minimum atomic E-state index is -1.93. The zero-order chi connectivity index (χ0) is 21.0. The first-order valence-corrected chi connectivity index (χ1v) is 10.3. The topological polar surface area (TPSA) is 77.0 Å². The molecule has 2 aromatic carbocycles. The summed E-state index contributed by atoms with van der Waals surface area (Å²) in [5.74, 6) is -0.278. The van der Waals surface area contributed by atoms with Crippen LogP contribution < -0.4 is 10.1 Å². The fourth-order valence-electron chi connectivity index (χ4n) is 3.36. The molecule has 0 spiro atoms. The van der Waals surface area contributed by atoms with E-state index in [0.717, 1.165) is 12.8 Å². The van der Waals surface area contributed by atoms with Gasteiger partial charge in [-0.25, -0.2) is 4.39 Å². The summed E-state index contributed by atoms with van der Waals surface area (Å²) >= 11 is 0. The van der Waals surface area contributed by atoms with Gasteiger partial charge in [-0.2, -0.15) is 0 Å². The minimum absolute atomic E-state index is 0.0663. The van der Waals surface area contributed by atoms with E-state index in [0.29, 0.717) is 11.3 Å². The lowest BCUT2D eigenvalue weighted by atomic mass is 9.87. The number of amides is 1. The highest BCUT2D eigenvalue weighted by Gasteiger charge is 2.29. The molecule has 1 amide bonds. The highest BCUT2D eigenvalue weighted by atomic mass is 32.2. The normalized spacial score (nSPS) is 15.7. The van der Waals surface area contributed by atoms with Gasteiger partial charge in [-0.1, -0.05) is 36.9 Å². The van der Waals surface area contributed by atoms with Crippen molar-refractivity contribution in [2.75, 3.05) is 13.7 Å². The summed E-state index contributed by atoms with van der Waals surface area (Å²) < 4.78 is 38.8. The van der Waals surface area contributed by atoms with Crippen molar-refractivity contribution in [2.24, 2.45) is 4.36 Å². The number of benzene rings is 2. The Hall–Kier alpha value is -2.45. The number of hydrogen-bond donors (Lipinski definition) is 1. The van der Waals surface area contributed by atoms with Gasteiger partial charge in [0.05, 0.1) is 5.69 Å². The van der Waals surface area contributed by atoms with Crippen molar-refractivity contribution in [1.29, 1.82) is 0 Å². The Bertz CT molecular complexity index is 1000. The molecule has 0 heterocycles. The van der Waals surface area contributed by atoms with Crippen LogP contribution in [0.4, 0.5) is 10.1 Å². The van der Waals surface area contributed by atoms with Crippen LogP contribution in [0, 0.1) is 5.82 Å². The lowest BCUT2D eigenvalue weighted by Gasteiger charge is -2.18. The van der Waals surface area contributed by atoms with E-state index < -0.39 is 16.7 Å². The first-order chi connectivity index (χ1) is 13.8. The van der Waals surface area contributed by atoms with Crippen LogP contribution in [0.2, 0.25) is 0 Å². The number of ether oxygens (including phenoxy) is 1. The molecule has 0 aromatic heterocycles. The largest absolute Gasteiger partial charge is 0.484 e. The second kappa shape index (κ2) is 8.92. The van der Waals surface area contributed by atoms with Gasteiger partial charge in [-0.3, -0.25) is 4.79 Å². The lowest BCUT2D eigenvalue weighted by molar-refractivity contribution is -0.123. The summed E-state index contributed by atoms with van der Waals surface area (Å²) in [7, 11) is -0.717. The van der Waals surface area contributed by atoms with Crippen LogP contribution in [-0.2, 0) is 42.4 Å². The third-order valence-corrected chi connectivity index (χ3v) is 5.64. The van der Waals surface area contributed by atoms with Gasteiger partial charge >= 0.3 is 0 Å². The van der Waals surface area contributed by atoms with Crippen LogP contribution in [0.5, 0.6) is 5.75 Å². The van der Waals surface area contributed by atoms with Crippen LogP contribution in [0.25, 0.3) is 0 Å². The Morgan fingerprint density at radius 1 is 1.28 bits per heavy atom. The van der Waals surface area contributed by atoms with Gasteiger partial charge in [0.2, 0.25) is 0 Å². The summed E-state index contributed by atoms with van der Waals surface area (Å²) in [6, 6.07) is 10.2. The minimum Gasteiger partial charge on any atom is -0.484 e. The molecule has 29 heavy (non-hydrogen) atoms. The zero-order valence-corrected chi connectivity index (χ0v) is 17.5. The molecule has 0 saturated heterocycles. The molecule has 0 aliphatic heterocycles. The molecular formula is C21H24FN2O4S-. The van der Waals surface area contributed by atoms with Crippen LogP contribution in [-0.4, -0.2) is 19.6 Å². The third-order valence-electron chi connectivity index (χ3n) is 5.01. The van der Waals surface area contributed by atoms with Crippen molar-refractivity contribution in [2.45, 2.75) is 38.6 Å². The van der Waals surface area contributed by atoms with Crippen LogP contribution in [0.15, 0.2) is 40.8 Å². The van der Waals surface area contributed by atoms with Crippen LogP contribution >= 0.6 is 0 Å². The first kappa shape index (κ1) is 21.3. The second-order valence-electron chi connectivity index (χ2n) is 7.53. The van der Waals surface area contributed by atoms with Crippen molar-refractivity contribution >= 4 is 22.5 Å². The lowest BCUT2D eigenvalue weighted by Crippen LogP contribution is -2.28. The molecule has 1 aliphatic carbocycles. The number of nitrogens with one attached hydrogen (secondary N) is 1. The average Bonchev–Trinajstić information content (AvgIpc) is 3.00. The number of carbonyl (C=O) groups is 1. The summed E-state index contributed by atoms with van der Waals surface area (Å²) in [4.78, 5) is 12.1. The van der Waals surface area contributed by atoms with E-state index in [4.69, 9.17) is 4.74 Å². The maximum atomic E-state index is 14.0. The smallest absolute Gasteiger partial charge is 0.258 e. The molecule has 0 atom stereocenters. The number of halogens is 1. The predicted octanol–water partition coefficient (Wildman–Crippen LogP) is 4.09. The maximum absolute atomic E-state index is 14.0. The molecule has 156 valence electrons. The predicted molar refractivity (Wildman–Crippen MR) is 109 cm³/mol. The maximum Gasteiger partial charge on any atom is 0.258 e. The number of aryl methyl sites for hydroxylation is 1. The Kier molecular flexibility index (Phi) is 6.54. The quantitative estimate of drug-likeness (QED) is 0.686. The molecule has 0 bridgehead atoms. The van der Waals surface area contributed by atoms with E-state index in [9.17, 15) is 13.4 Å². The first-order valence-electron chi connectivity index (χ1n) is 9.28. The molecule has 1 N–H and O–H groups in total. The van der Waals surface area contributed by atoms with Crippen molar-refractivity contribution in [1.82, 2.24) is 5.32 Å². The third kappa shape index (κ3) is 5.33. The fourth-order valence-corrected chi connectivity index (χ4v) is 3.74. The van der Waals surface area contributed by atoms with Crippen molar-refractivity contribution in [3.8, 4) is 5.75 Å². The summed E-state index contributed by atoms with van der Waals surface area (Å²) in [5.41, 5.74) is 3.27. The number of hydrogen-bond acceptors (Lipinski definition) is 6. The Morgan fingerprint density at radius 2 is 2.07 bits per heavy atom. The molecule has 0 unspecified atom stereocenters. The molecule has 0 radical (unpaired) electrons. The summed E-state index contributed by atoms with van der Waals surface area (Å²) in [6.45, 7) is 4.48. The fraction of sp³-hybridized carbons (Fsp3) is 0.381. The van der Waals surface area contributed by atoms with Crippen molar-refractivity contribution in [3.63, 3.8) is 0 Å². The molecule has 3 rings (SSSR count). The summed E-state index contributed by atoms with van der Waals surface area (Å²) in [5, 5.41) is 2.69. The number of rotatable bonds is 7. The molecular weight excluding hydrogens is 395 g/mol. The molecule has 1 aliphatic rings. The Balaban J connectivity index is 1.52. The number of nitrogens with zero attached hydrogens (tertiary/aromatic N) is 1. The van der Waals surface area contributed by atoms with E-state index in [-0.39, 0.29) is 30.2 Å². The van der Waals surface area contributed by atoms with Crippen LogP contribution in [0.3, 0.4) is 0 Å². The van der Waals surface area contributed by atoms with Gasteiger partial charge in [0, 0.05) is 13.7 Å². The van der Waals surface area contributed by atoms with E-state index >= 15 is 0 Å². The Labute approximate surface area is 171 Å². The van der Waals surface area contributed by atoms with Gasteiger partial charge in [-0.15, -0.1) is 0 Å². The molecule has 6 nitrogen and oxygen atoms in total. The standard InChI is InChI=1S/C21H24FN2O4S/c1-21(2)9-8-15-11-16(5-6-17(15)21)28-13-20(25)23-12-14-4-7-19(18(22)10-14)24-29(26)27-3/h4-7,10-11H,8-9,12-13H2,1-3H3,(H,23,25)/q-1. The summed E-state index contributed by atoms with van der Waals surface area (Å²) in [6.07, 6.45) is 2.12. The van der Waals surface area contributed by atoms with E-state index in [1.807, 2.05) is 12.1 Å². The molecule has 0 fully saturated rings. The van der Waals surface area contributed by atoms with E-state index in [2.05, 4.69) is 33.8 Å². The molecule has 8 heteroatoms. The van der Waals surface area contributed by atoms with E-state index in [1.54, 1.807) is 6.07 Å². The van der Waals surface area contributed by atoms with Crippen LogP contribution in [0.1, 0.15) is 37.0 Å². The highest BCUT2D eigenvalue weighted by molar-refractivity contribution is 7.69. The van der Waals surface area contributed by atoms with Gasteiger partial charge < -0.3 is 22.8 Å². The molecule has 0 saturated carbocycles. The van der Waals surface area contributed by atoms with Gasteiger partial charge in [-0.05, 0) is 59.2 Å². The van der Waals surface area contributed by atoms with Gasteiger partial charge in [0.25, 0.3) is 5.91 Å². The second-order valence-corrected chi connectivity index (χ2v) is 8.48. The van der Waals surface area contributed by atoms with Gasteiger partial charge in [0.15, 0.2) is 6.61 Å².